The van der Waals surface area contributed by atoms with Crippen LogP contribution in [0.2, 0.25) is 0 Å². The number of nitrogens with one attached hydrogen (secondary N) is 1. The second-order valence-corrected chi connectivity index (χ2v) is 6.39. The van der Waals surface area contributed by atoms with E-state index in [0.717, 1.165) is 19.3 Å². The fraction of sp³-hybridized carbons (Fsp3) is 0.444. The number of aryl methyl sites for hydroxylation is 1. The van der Waals surface area contributed by atoms with Crippen molar-refractivity contribution in [1.82, 2.24) is 14.9 Å². The van der Waals surface area contributed by atoms with Crippen molar-refractivity contribution in [2.24, 2.45) is 24.6 Å². The molecule has 3 rings (SSSR count). The van der Waals surface area contributed by atoms with Crippen molar-refractivity contribution in [2.75, 3.05) is 6.54 Å². The summed E-state index contributed by atoms with van der Waals surface area (Å²) in [6, 6.07) is 5.87. The number of benzene rings is 1. The molecule has 1 heterocycles. The van der Waals surface area contributed by atoms with Crippen molar-refractivity contribution in [3.8, 4) is 0 Å². The van der Waals surface area contributed by atoms with Gasteiger partial charge in [0.1, 0.15) is 17.7 Å². The van der Waals surface area contributed by atoms with Gasteiger partial charge in [-0.1, -0.05) is 24.6 Å². The smallest absolute Gasteiger partial charge is 0.224 e. The second kappa shape index (κ2) is 9.90. The highest BCUT2D eigenvalue weighted by Crippen LogP contribution is 2.32. The van der Waals surface area contributed by atoms with Crippen molar-refractivity contribution < 1.29 is 9.18 Å². The van der Waals surface area contributed by atoms with Gasteiger partial charge in [0.2, 0.25) is 5.91 Å². The first-order chi connectivity index (χ1) is 11.6. The van der Waals surface area contributed by atoms with Gasteiger partial charge in [0, 0.05) is 30.9 Å². The molecule has 1 aliphatic rings. The largest absolute Gasteiger partial charge is 0.342 e. The number of carbonyl (C=O) groups excluding carboxylic acids is 1. The molecular formula is C18H25Cl2FN4O. The average Bonchev–Trinajstić information content (AvgIpc) is 3.22. The number of rotatable bonds is 5. The van der Waals surface area contributed by atoms with E-state index in [0.29, 0.717) is 17.9 Å². The fourth-order valence-electron chi connectivity index (χ4n) is 3.56. The molecule has 3 atom stereocenters. The summed E-state index contributed by atoms with van der Waals surface area (Å²) in [6.45, 7) is 0.505. The van der Waals surface area contributed by atoms with Crippen molar-refractivity contribution in [2.45, 2.75) is 25.3 Å². The molecule has 0 aliphatic heterocycles. The molecule has 1 amide bonds. The van der Waals surface area contributed by atoms with Gasteiger partial charge in [-0.15, -0.1) is 24.8 Å². The number of carbonyl (C=O) groups is 1. The Balaban J connectivity index is 0.00000169. The maximum absolute atomic E-state index is 14.3. The zero-order valence-electron chi connectivity index (χ0n) is 14.6. The Bertz CT molecular complexity index is 725. The van der Waals surface area contributed by atoms with Gasteiger partial charge in [0.25, 0.3) is 0 Å². The van der Waals surface area contributed by atoms with Gasteiger partial charge >= 0.3 is 0 Å². The van der Waals surface area contributed by atoms with Crippen LogP contribution < -0.4 is 11.1 Å². The van der Waals surface area contributed by atoms with Crippen molar-refractivity contribution in [3.63, 3.8) is 0 Å². The molecule has 144 valence electrons. The van der Waals surface area contributed by atoms with Crippen LogP contribution in [-0.2, 0) is 11.8 Å². The van der Waals surface area contributed by atoms with Gasteiger partial charge in [-0.25, -0.2) is 9.37 Å². The van der Waals surface area contributed by atoms with Crippen LogP contribution in [0.3, 0.4) is 0 Å². The SMILES string of the molecule is Cl.Cl.Cn1ccnc1C(NC(=O)[C@@H]1CCC[C@@H]1CN)c1ccccc1F. The van der Waals surface area contributed by atoms with E-state index < -0.39 is 6.04 Å². The van der Waals surface area contributed by atoms with Crippen LogP contribution in [0.25, 0.3) is 0 Å². The Labute approximate surface area is 165 Å². The molecule has 0 spiro atoms. The van der Waals surface area contributed by atoms with Crippen LogP contribution in [0.15, 0.2) is 36.7 Å². The highest BCUT2D eigenvalue weighted by Gasteiger charge is 2.34. The number of aromatic nitrogens is 2. The number of halogens is 3. The maximum Gasteiger partial charge on any atom is 0.224 e. The fourth-order valence-corrected chi connectivity index (χ4v) is 3.56. The van der Waals surface area contributed by atoms with E-state index >= 15 is 0 Å². The number of hydrogen-bond acceptors (Lipinski definition) is 3. The molecule has 1 aromatic carbocycles. The molecule has 1 aliphatic carbocycles. The molecule has 1 unspecified atom stereocenters. The molecule has 0 saturated heterocycles. The van der Waals surface area contributed by atoms with Gasteiger partial charge in [0.15, 0.2) is 0 Å². The van der Waals surface area contributed by atoms with Gasteiger partial charge in [-0.3, -0.25) is 4.79 Å². The monoisotopic (exact) mass is 402 g/mol. The topological polar surface area (TPSA) is 72.9 Å². The van der Waals surface area contributed by atoms with Gasteiger partial charge in [-0.2, -0.15) is 0 Å². The Morgan fingerprint density at radius 3 is 2.73 bits per heavy atom. The summed E-state index contributed by atoms with van der Waals surface area (Å²) >= 11 is 0. The molecule has 26 heavy (non-hydrogen) atoms. The predicted octanol–water partition coefficient (Wildman–Crippen LogP) is 2.98. The summed E-state index contributed by atoms with van der Waals surface area (Å²) < 4.78 is 16.1. The molecule has 1 fully saturated rings. The van der Waals surface area contributed by atoms with Gasteiger partial charge in [0.05, 0.1) is 0 Å². The first-order valence-corrected chi connectivity index (χ1v) is 8.34. The molecule has 8 heteroatoms. The lowest BCUT2D eigenvalue weighted by Gasteiger charge is -2.24. The van der Waals surface area contributed by atoms with Crippen LogP contribution >= 0.6 is 24.8 Å². The number of nitrogens with two attached hydrogens (primary N) is 1. The normalized spacial score (nSPS) is 20.0. The highest BCUT2D eigenvalue weighted by molar-refractivity contribution is 5.85. The second-order valence-electron chi connectivity index (χ2n) is 6.39. The van der Waals surface area contributed by atoms with Gasteiger partial charge in [-0.05, 0) is 31.4 Å². The van der Waals surface area contributed by atoms with Crippen molar-refractivity contribution in [3.05, 3.63) is 53.9 Å². The molecule has 1 saturated carbocycles. The first-order valence-electron chi connectivity index (χ1n) is 8.34. The van der Waals surface area contributed by atoms with E-state index in [1.165, 1.54) is 6.07 Å². The lowest BCUT2D eigenvalue weighted by atomic mass is 9.94. The van der Waals surface area contributed by atoms with E-state index in [9.17, 15) is 9.18 Å². The minimum absolute atomic E-state index is 0. The quantitative estimate of drug-likeness (QED) is 0.806. The number of amides is 1. The minimum atomic E-state index is -0.613. The summed E-state index contributed by atoms with van der Waals surface area (Å²) in [7, 11) is 1.83. The molecule has 5 nitrogen and oxygen atoms in total. The minimum Gasteiger partial charge on any atom is -0.342 e. The number of nitrogens with zero attached hydrogens (tertiary/aromatic N) is 2. The Kier molecular flexibility index (Phi) is 8.53. The molecular weight excluding hydrogens is 378 g/mol. The summed E-state index contributed by atoms with van der Waals surface area (Å²) in [4.78, 5) is 17.1. The zero-order chi connectivity index (χ0) is 17.1. The van der Waals surface area contributed by atoms with Crippen LogP contribution in [0.5, 0.6) is 0 Å². The Morgan fingerprint density at radius 2 is 2.12 bits per heavy atom. The third-order valence-electron chi connectivity index (χ3n) is 4.92. The summed E-state index contributed by atoms with van der Waals surface area (Å²) in [5.74, 6) is 0.278. The van der Waals surface area contributed by atoms with E-state index in [2.05, 4.69) is 10.3 Å². The van der Waals surface area contributed by atoms with Crippen LogP contribution in [-0.4, -0.2) is 22.0 Å². The van der Waals surface area contributed by atoms with E-state index in [1.54, 1.807) is 35.2 Å². The highest BCUT2D eigenvalue weighted by atomic mass is 35.5. The molecule has 1 aromatic heterocycles. The molecule has 0 radical (unpaired) electrons. The Morgan fingerprint density at radius 1 is 1.38 bits per heavy atom. The zero-order valence-corrected chi connectivity index (χ0v) is 16.2. The molecule has 3 N–H and O–H groups in total. The van der Waals surface area contributed by atoms with E-state index in [1.807, 2.05) is 7.05 Å². The first kappa shape index (κ1) is 22.4. The third kappa shape index (κ3) is 4.55. The standard InChI is InChI=1S/C18H23FN4O.2ClH/c1-23-10-9-21-17(23)16(14-6-2-3-8-15(14)19)22-18(24)13-7-4-5-12(13)11-20;;/h2-3,6,8-10,12-13,16H,4-5,7,11,20H2,1H3,(H,22,24);2*1H/t12-,13-,16?;;/m1../s1. The van der Waals surface area contributed by atoms with E-state index in [4.69, 9.17) is 5.73 Å². The Hall–Kier alpha value is -1.63. The van der Waals surface area contributed by atoms with E-state index in [-0.39, 0.29) is 48.4 Å². The maximum atomic E-state index is 14.3. The van der Waals surface area contributed by atoms with Crippen LogP contribution in [0.1, 0.15) is 36.7 Å². The molecule has 2 aromatic rings. The third-order valence-corrected chi connectivity index (χ3v) is 4.92. The summed E-state index contributed by atoms with van der Waals surface area (Å²) in [6.07, 6.45) is 6.24. The van der Waals surface area contributed by atoms with Crippen molar-refractivity contribution in [1.29, 1.82) is 0 Å². The number of hydrogen-bond donors (Lipinski definition) is 2. The summed E-state index contributed by atoms with van der Waals surface area (Å²) in [5.41, 5.74) is 6.21. The summed E-state index contributed by atoms with van der Waals surface area (Å²) in [5, 5.41) is 3.01. The average molecular weight is 403 g/mol. The van der Waals surface area contributed by atoms with Crippen molar-refractivity contribution >= 4 is 30.7 Å². The predicted molar refractivity (Wildman–Crippen MR) is 104 cm³/mol. The number of imidazole rings is 1. The lowest BCUT2D eigenvalue weighted by molar-refractivity contribution is -0.126. The van der Waals surface area contributed by atoms with Gasteiger partial charge < -0.3 is 15.6 Å². The van der Waals surface area contributed by atoms with Crippen LogP contribution in [0, 0.1) is 17.7 Å². The lowest BCUT2D eigenvalue weighted by Crippen LogP contribution is -2.38. The van der Waals surface area contributed by atoms with Crippen LogP contribution in [0.4, 0.5) is 4.39 Å². The molecule has 0 bridgehead atoms.